The van der Waals surface area contributed by atoms with Gasteiger partial charge in [-0.05, 0) is 49.2 Å². The van der Waals surface area contributed by atoms with E-state index in [1.807, 2.05) is 25.2 Å². The van der Waals surface area contributed by atoms with E-state index in [-0.39, 0.29) is 24.3 Å². The number of hydrogen-bond donors (Lipinski definition) is 3. The van der Waals surface area contributed by atoms with Crippen LogP contribution in [0.1, 0.15) is 45.3 Å². The van der Waals surface area contributed by atoms with Gasteiger partial charge in [-0.15, -0.1) is 0 Å². The summed E-state index contributed by atoms with van der Waals surface area (Å²) in [6.45, 7) is -0.0953. The minimum Gasteiger partial charge on any atom is -0.343 e. The van der Waals surface area contributed by atoms with Crippen LogP contribution in [0.3, 0.4) is 0 Å². The minimum atomic E-state index is -0.350. The molecule has 2 aromatic carbocycles. The number of imidazole rings is 1. The zero-order valence-electron chi connectivity index (χ0n) is 15.8. The lowest BCUT2D eigenvalue weighted by molar-refractivity contribution is -0.115. The smallest absolute Gasteiger partial charge is 0.255 e. The van der Waals surface area contributed by atoms with Gasteiger partial charge in [0.25, 0.3) is 11.8 Å². The number of benzene rings is 2. The van der Waals surface area contributed by atoms with E-state index in [1.165, 1.54) is 25.0 Å². The molecular weight excluding hydrogens is 370 g/mol. The number of amides is 3. The van der Waals surface area contributed by atoms with E-state index in [0.29, 0.717) is 28.4 Å². The van der Waals surface area contributed by atoms with Gasteiger partial charge in [0, 0.05) is 24.2 Å². The average Bonchev–Trinajstić information content (AvgIpc) is 3.51. The third-order valence-corrected chi connectivity index (χ3v) is 5.33. The molecule has 29 heavy (non-hydrogen) atoms. The summed E-state index contributed by atoms with van der Waals surface area (Å²) in [7, 11) is 2.02. The minimum absolute atomic E-state index is 0.0953. The van der Waals surface area contributed by atoms with Crippen molar-refractivity contribution in [2.75, 3.05) is 17.2 Å². The van der Waals surface area contributed by atoms with Crippen molar-refractivity contribution in [3.63, 3.8) is 0 Å². The predicted octanol–water partition coefficient (Wildman–Crippen LogP) is 2.38. The lowest BCUT2D eigenvalue weighted by Gasteiger charge is -2.09. The molecule has 8 heteroatoms. The van der Waals surface area contributed by atoms with Crippen molar-refractivity contribution in [3.8, 4) is 0 Å². The van der Waals surface area contributed by atoms with Crippen LogP contribution in [-0.2, 0) is 11.8 Å². The Kier molecular flexibility index (Phi) is 3.87. The fraction of sp³-hybridized carbons (Fsp3) is 0.238. The summed E-state index contributed by atoms with van der Waals surface area (Å²) in [6.07, 6.45) is 2.35. The molecular formula is C21H19N5O3. The molecule has 2 aliphatic rings. The quantitative estimate of drug-likeness (QED) is 0.640. The highest BCUT2D eigenvalue weighted by molar-refractivity contribution is 6.11. The molecule has 1 fully saturated rings. The first-order valence-electron chi connectivity index (χ1n) is 9.49. The van der Waals surface area contributed by atoms with E-state index in [4.69, 9.17) is 4.98 Å². The maximum Gasteiger partial charge on any atom is 0.255 e. The fourth-order valence-electron chi connectivity index (χ4n) is 3.64. The Morgan fingerprint density at radius 1 is 1.17 bits per heavy atom. The molecule has 3 amide bonds. The van der Waals surface area contributed by atoms with E-state index < -0.39 is 0 Å². The molecule has 0 saturated heterocycles. The van der Waals surface area contributed by atoms with E-state index in [2.05, 4.69) is 20.5 Å². The Morgan fingerprint density at radius 2 is 2.00 bits per heavy atom. The number of fused-ring (bicyclic) bond motifs is 2. The second-order valence-electron chi connectivity index (χ2n) is 7.45. The number of carbonyl (C=O) groups is 3. The van der Waals surface area contributed by atoms with Gasteiger partial charge in [0.2, 0.25) is 5.91 Å². The average molecular weight is 389 g/mol. The molecule has 2 heterocycles. The van der Waals surface area contributed by atoms with Gasteiger partial charge in [0.1, 0.15) is 5.82 Å². The molecule has 8 nitrogen and oxygen atoms in total. The standard InChI is InChI=1S/C21H19N5O3/c1-26-17-7-5-13(9-16(17)25-19(26)11-2-3-11)23-20(28)12-4-6-14-15(8-12)24-18(27)10-22-21(14)29/h4-9,11H,2-3,10H2,1H3,(H,22,29)(H,23,28)(H,24,27). The van der Waals surface area contributed by atoms with Crippen molar-refractivity contribution in [2.45, 2.75) is 18.8 Å². The highest BCUT2D eigenvalue weighted by atomic mass is 16.2. The van der Waals surface area contributed by atoms with Crippen molar-refractivity contribution in [1.82, 2.24) is 14.9 Å². The van der Waals surface area contributed by atoms with Crippen LogP contribution in [0.4, 0.5) is 11.4 Å². The number of nitrogens with one attached hydrogen (secondary N) is 3. The number of rotatable bonds is 3. The molecule has 0 unspecified atom stereocenters. The van der Waals surface area contributed by atoms with Gasteiger partial charge in [0.15, 0.2) is 0 Å². The molecule has 1 saturated carbocycles. The summed E-state index contributed by atoms with van der Waals surface area (Å²) in [5.41, 5.74) is 3.52. The SMILES string of the molecule is Cn1c(C2CC2)nc2cc(NC(=O)c3ccc4c(c3)NC(=O)CNC4=O)ccc21. The molecule has 0 radical (unpaired) electrons. The van der Waals surface area contributed by atoms with Crippen LogP contribution in [0.25, 0.3) is 11.0 Å². The van der Waals surface area contributed by atoms with Crippen molar-refractivity contribution >= 4 is 40.1 Å². The highest BCUT2D eigenvalue weighted by Crippen LogP contribution is 2.40. The number of aryl methyl sites for hydroxylation is 1. The summed E-state index contributed by atoms with van der Waals surface area (Å²) in [6, 6.07) is 10.3. The maximum absolute atomic E-state index is 12.7. The molecule has 0 atom stereocenters. The topological polar surface area (TPSA) is 105 Å². The van der Waals surface area contributed by atoms with E-state index in [9.17, 15) is 14.4 Å². The van der Waals surface area contributed by atoms with Crippen LogP contribution < -0.4 is 16.0 Å². The molecule has 3 aromatic rings. The molecule has 0 spiro atoms. The highest BCUT2D eigenvalue weighted by Gasteiger charge is 2.28. The normalized spacial score (nSPS) is 16.0. The molecule has 0 bridgehead atoms. The van der Waals surface area contributed by atoms with E-state index in [1.54, 1.807) is 6.07 Å². The van der Waals surface area contributed by atoms with Gasteiger partial charge in [-0.1, -0.05) is 0 Å². The van der Waals surface area contributed by atoms with Crippen molar-refractivity contribution in [2.24, 2.45) is 7.05 Å². The van der Waals surface area contributed by atoms with Gasteiger partial charge in [-0.3, -0.25) is 14.4 Å². The second kappa shape index (κ2) is 6.44. The fourth-order valence-corrected chi connectivity index (χ4v) is 3.64. The summed E-state index contributed by atoms with van der Waals surface area (Å²) in [5, 5.41) is 8.03. The van der Waals surface area contributed by atoms with E-state index in [0.717, 1.165) is 16.9 Å². The number of aromatic nitrogens is 2. The molecule has 146 valence electrons. The third-order valence-electron chi connectivity index (χ3n) is 5.33. The number of hydrogen-bond acceptors (Lipinski definition) is 4. The third kappa shape index (κ3) is 3.12. The van der Waals surface area contributed by atoms with Crippen LogP contribution in [0.5, 0.6) is 0 Å². The number of carbonyl (C=O) groups excluding carboxylic acids is 3. The summed E-state index contributed by atoms with van der Waals surface area (Å²) in [5.74, 6) is 0.615. The van der Waals surface area contributed by atoms with Gasteiger partial charge in [-0.2, -0.15) is 0 Å². The monoisotopic (exact) mass is 389 g/mol. The number of anilines is 2. The molecule has 1 aliphatic heterocycles. The summed E-state index contributed by atoms with van der Waals surface area (Å²) in [4.78, 5) is 41.2. The molecule has 3 N–H and O–H groups in total. The van der Waals surface area contributed by atoms with Gasteiger partial charge in [-0.25, -0.2) is 4.98 Å². The first kappa shape index (κ1) is 17.4. The number of nitrogens with zero attached hydrogens (tertiary/aromatic N) is 2. The lowest BCUT2D eigenvalue weighted by atomic mass is 10.1. The largest absolute Gasteiger partial charge is 0.343 e. The Labute approximate surface area is 166 Å². The summed E-state index contributed by atoms with van der Waals surface area (Å²) < 4.78 is 2.11. The van der Waals surface area contributed by atoms with Crippen LogP contribution >= 0.6 is 0 Å². The summed E-state index contributed by atoms with van der Waals surface area (Å²) >= 11 is 0. The van der Waals surface area contributed by atoms with E-state index >= 15 is 0 Å². The Bertz CT molecular complexity index is 1190. The zero-order valence-corrected chi connectivity index (χ0v) is 15.8. The Balaban J connectivity index is 1.41. The molecule has 1 aromatic heterocycles. The Hall–Kier alpha value is -3.68. The zero-order chi connectivity index (χ0) is 20.1. The molecule has 1 aliphatic carbocycles. The van der Waals surface area contributed by atoms with Crippen molar-refractivity contribution in [1.29, 1.82) is 0 Å². The van der Waals surface area contributed by atoms with Crippen LogP contribution in [0, 0.1) is 0 Å². The molecule has 5 rings (SSSR count). The van der Waals surface area contributed by atoms with Crippen LogP contribution in [0.15, 0.2) is 36.4 Å². The van der Waals surface area contributed by atoms with Crippen LogP contribution in [-0.4, -0.2) is 33.8 Å². The maximum atomic E-state index is 12.7. The van der Waals surface area contributed by atoms with Crippen molar-refractivity contribution in [3.05, 3.63) is 53.3 Å². The van der Waals surface area contributed by atoms with Crippen molar-refractivity contribution < 1.29 is 14.4 Å². The first-order chi connectivity index (χ1) is 14.0. The van der Waals surface area contributed by atoms with Crippen LogP contribution in [0.2, 0.25) is 0 Å². The van der Waals surface area contributed by atoms with Gasteiger partial charge < -0.3 is 20.5 Å². The lowest BCUT2D eigenvalue weighted by Crippen LogP contribution is -2.28. The second-order valence-corrected chi connectivity index (χ2v) is 7.45. The predicted molar refractivity (Wildman–Crippen MR) is 108 cm³/mol. The first-order valence-corrected chi connectivity index (χ1v) is 9.49. The van der Waals surface area contributed by atoms with Gasteiger partial charge >= 0.3 is 0 Å². The van der Waals surface area contributed by atoms with Gasteiger partial charge in [0.05, 0.1) is 28.8 Å². The Morgan fingerprint density at radius 3 is 2.79 bits per heavy atom.